The van der Waals surface area contributed by atoms with Crippen molar-refractivity contribution in [3.63, 3.8) is 0 Å². The molecule has 0 saturated carbocycles. The molecule has 0 fully saturated rings. The molecule has 17 heavy (non-hydrogen) atoms. The molecule has 0 aliphatic rings. The van der Waals surface area contributed by atoms with Crippen molar-refractivity contribution in [2.45, 2.75) is 20.0 Å². The van der Waals surface area contributed by atoms with Gasteiger partial charge in [0.05, 0.1) is 6.54 Å². The highest BCUT2D eigenvalue weighted by Crippen LogP contribution is 2.09. The lowest BCUT2D eigenvalue weighted by Gasteiger charge is -2.04. The van der Waals surface area contributed by atoms with Gasteiger partial charge in [-0.25, -0.2) is 0 Å². The number of furan rings is 1. The van der Waals surface area contributed by atoms with E-state index < -0.39 is 0 Å². The van der Waals surface area contributed by atoms with Crippen molar-refractivity contribution in [3.8, 4) is 0 Å². The summed E-state index contributed by atoms with van der Waals surface area (Å²) in [7, 11) is 1.92. The van der Waals surface area contributed by atoms with Crippen LogP contribution in [0.5, 0.6) is 0 Å². The zero-order valence-corrected chi connectivity index (χ0v) is 10.3. The predicted octanol–water partition coefficient (Wildman–Crippen LogP) is 2.92. The molecule has 0 saturated heterocycles. The number of hydrogen-bond donors (Lipinski definition) is 2. The van der Waals surface area contributed by atoms with E-state index in [-0.39, 0.29) is 0 Å². The molecular weight excluding hydrogens is 212 g/mol. The van der Waals surface area contributed by atoms with Crippen molar-refractivity contribution >= 4 is 5.69 Å². The Morgan fingerprint density at radius 3 is 2.35 bits per heavy atom. The summed E-state index contributed by atoms with van der Waals surface area (Å²) in [6, 6.07) is 12.4. The third-order valence-corrected chi connectivity index (χ3v) is 2.67. The van der Waals surface area contributed by atoms with Gasteiger partial charge in [0, 0.05) is 19.3 Å². The number of nitrogens with one attached hydrogen (secondary N) is 2. The maximum atomic E-state index is 5.49. The Morgan fingerprint density at radius 1 is 1.00 bits per heavy atom. The molecule has 2 N–H and O–H groups in total. The van der Waals surface area contributed by atoms with E-state index in [1.165, 1.54) is 5.56 Å². The highest BCUT2D eigenvalue weighted by atomic mass is 16.3. The Kier molecular flexibility index (Phi) is 3.83. The first-order chi connectivity index (χ1) is 8.28. The van der Waals surface area contributed by atoms with Gasteiger partial charge in [0.1, 0.15) is 11.5 Å². The first-order valence-electron chi connectivity index (χ1n) is 5.80. The van der Waals surface area contributed by atoms with Gasteiger partial charge in [0.25, 0.3) is 0 Å². The first kappa shape index (κ1) is 11.7. The second-order valence-corrected chi connectivity index (χ2v) is 4.06. The van der Waals surface area contributed by atoms with Crippen LogP contribution in [-0.4, -0.2) is 7.05 Å². The zero-order valence-electron chi connectivity index (χ0n) is 10.3. The minimum absolute atomic E-state index is 0.765. The van der Waals surface area contributed by atoms with E-state index in [0.29, 0.717) is 0 Å². The third kappa shape index (κ3) is 3.36. The second-order valence-electron chi connectivity index (χ2n) is 4.06. The Balaban J connectivity index is 1.81. The summed E-state index contributed by atoms with van der Waals surface area (Å²) in [6.07, 6.45) is 0. The fraction of sp³-hybridized carbons (Fsp3) is 0.286. The third-order valence-electron chi connectivity index (χ3n) is 2.67. The van der Waals surface area contributed by atoms with E-state index in [2.05, 4.69) is 34.9 Å². The smallest absolute Gasteiger partial charge is 0.117 e. The standard InChI is InChI=1S/C14H18N2O/c1-11-3-8-14(17-11)10-16-9-12-4-6-13(15-2)7-5-12/h3-8,15-16H,9-10H2,1-2H3. The van der Waals surface area contributed by atoms with Gasteiger partial charge in [0.2, 0.25) is 0 Å². The van der Waals surface area contributed by atoms with Crippen molar-refractivity contribution in [2.75, 3.05) is 12.4 Å². The van der Waals surface area contributed by atoms with Crippen LogP contribution in [0.3, 0.4) is 0 Å². The molecule has 3 heteroatoms. The summed E-state index contributed by atoms with van der Waals surface area (Å²) in [5.74, 6) is 1.94. The van der Waals surface area contributed by atoms with Crippen molar-refractivity contribution in [2.24, 2.45) is 0 Å². The number of benzene rings is 1. The van der Waals surface area contributed by atoms with Crippen LogP contribution in [0.15, 0.2) is 40.8 Å². The van der Waals surface area contributed by atoms with Crippen molar-refractivity contribution in [3.05, 3.63) is 53.5 Å². The molecule has 1 aromatic heterocycles. The molecule has 0 amide bonds. The summed E-state index contributed by atoms with van der Waals surface area (Å²) in [6.45, 7) is 3.57. The van der Waals surface area contributed by atoms with Gasteiger partial charge in [0.15, 0.2) is 0 Å². The molecule has 0 unspecified atom stereocenters. The predicted molar refractivity (Wildman–Crippen MR) is 70.0 cm³/mol. The fourth-order valence-electron chi connectivity index (χ4n) is 1.70. The van der Waals surface area contributed by atoms with Gasteiger partial charge in [-0.2, -0.15) is 0 Å². The van der Waals surface area contributed by atoms with E-state index in [1.54, 1.807) is 0 Å². The molecule has 0 aliphatic heterocycles. The van der Waals surface area contributed by atoms with Gasteiger partial charge >= 0.3 is 0 Å². The SMILES string of the molecule is CNc1ccc(CNCc2ccc(C)o2)cc1. The average Bonchev–Trinajstić information content (AvgIpc) is 2.76. The van der Waals surface area contributed by atoms with Crippen LogP contribution >= 0.6 is 0 Å². The molecule has 2 rings (SSSR count). The molecular formula is C14H18N2O. The number of anilines is 1. The lowest BCUT2D eigenvalue weighted by molar-refractivity contribution is 0.462. The van der Waals surface area contributed by atoms with Crippen LogP contribution in [0.25, 0.3) is 0 Å². The fourth-order valence-corrected chi connectivity index (χ4v) is 1.70. The number of rotatable bonds is 5. The highest BCUT2D eigenvalue weighted by Gasteiger charge is 1.98. The van der Waals surface area contributed by atoms with Gasteiger partial charge in [-0.3, -0.25) is 0 Å². The molecule has 0 atom stereocenters. The van der Waals surface area contributed by atoms with E-state index >= 15 is 0 Å². The molecule has 0 aliphatic carbocycles. The van der Waals surface area contributed by atoms with Crippen LogP contribution < -0.4 is 10.6 Å². The zero-order chi connectivity index (χ0) is 12.1. The van der Waals surface area contributed by atoms with Gasteiger partial charge in [-0.1, -0.05) is 12.1 Å². The van der Waals surface area contributed by atoms with Crippen molar-refractivity contribution < 1.29 is 4.42 Å². The van der Waals surface area contributed by atoms with Crippen LogP contribution in [0.1, 0.15) is 17.1 Å². The second kappa shape index (κ2) is 5.55. The normalized spacial score (nSPS) is 10.5. The van der Waals surface area contributed by atoms with Gasteiger partial charge in [-0.05, 0) is 36.8 Å². The van der Waals surface area contributed by atoms with Crippen LogP contribution in [0, 0.1) is 6.92 Å². The topological polar surface area (TPSA) is 37.2 Å². The van der Waals surface area contributed by atoms with E-state index in [9.17, 15) is 0 Å². The Bertz CT molecular complexity index is 459. The number of hydrogen-bond acceptors (Lipinski definition) is 3. The minimum Gasteiger partial charge on any atom is -0.465 e. The number of aryl methyl sites for hydroxylation is 1. The van der Waals surface area contributed by atoms with E-state index in [0.717, 1.165) is 30.3 Å². The minimum atomic E-state index is 0.765. The average molecular weight is 230 g/mol. The summed E-state index contributed by atoms with van der Waals surface area (Å²) in [4.78, 5) is 0. The Morgan fingerprint density at radius 2 is 1.76 bits per heavy atom. The highest BCUT2D eigenvalue weighted by molar-refractivity contribution is 5.43. The first-order valence-corrected chi connectivity index (χ1v) is 5.80. The molecule has 2 aromatic rings. The quantitative estimate of drug-likeness (QED) is 0.829. The maximum absolute atomic E-state index is 5.49. The van der Waals surface area contributed by atoms with Crippen LogP contribution in [-0.2, 0) is 13.1 Å². The molecule has 1 heterocycles. The summed E-state index contributed by atoms with van der Waals surface area (Å²) < 4.78 is 5.49. The molecule has 3 nitrogen and oxygen atoms in total. The van der Waals surface area contributed by atoms with Gasteiger partial charge in [-0.15, -0.1) is 0 Å². The molecule has 0 spiro atoms. The monoisotopic (exact) mass is 230 g/mol. The lowest BCUT2D eigenvalue weighted by Crippen LogP contribution is -2.12. The van der Waals surface area contributed by atoms with Crippen LogP contribution in [0.4, 0.5) is 5.69 Å². The Labute approximate surface area is 102 Å². The Hall–Kier alpha value is -1.74. The summed E-state index contributed by atoms with van der Waals surface area (Å²) in [5, 5.41) is 6.46. The van der Waals surface area contributed by atoms with Crippen molar-refractivity contribution in [1.29, 1.82) is 0 Å². The largest absolute Gasteiger partial charge is 0.465 e. The molecule has 1 aromatic carbocycles. The van der Waals surface area contributed by atoms with E-state index in [1.807, 2.05) is 26.1 Å². The molecule has 0 radical (unpaired) electrons. The maximum Gasteiger partial charge on any atom is 0.117 e. The summed E-state index contributed by atoms with van der Waals surface area (Å²) >= 11 is 0. The van der Waals surface area contributed by atoms with Crippen LogP contribution in [0.2, 0.25) is 0 Å². The van der Waals surface area contributed by atoms with E-state index in [4.69, 9.17) is 4.42 Å². The summed E-state index contributed by atoms with van der Waals surface area (Å²) in [5.41, 5.74) is 2.41. The van der Waals surface area contributed by atoms with Gasteiger partial charge < -0.3 is 15.1 Å². The molecule has 90 valence electrons. The lowest BCUT2D eigenvalue weighted by atomic mass is 10.2. The molecule has 0 bridgehead atoms. The van der Waals surface area contributed by atoms with Crippen molar-refractivity contribution in [1.82, 2.24) is 5.32 Å².